The third-order valence-electron chi connectivity index (χ3n) is 13.3. The number of carboxylic acids is 3. The maximum Gasteiger partial charge on any atom is 0.333 e. The van der Waals surface area contributed by atoms with Crippen LogP contribution in [0.25, 0.3) is 0 Å². The molecule has 0 aliphatic carbocycles. The van der Waals surface area contributed by atoms with E-state index in [-0.39, 0.29) is 161 Å². The van der Waals surface area contributed by atoms with Crippen LogP contribution < -0.4 is 58.5 Å². The number of rotatable bonds is 32. The molecule has 87 heavy (non-hydrogen) atoms. The van der Waals surface area contributed by atoms with Crippen molar-refractivity contribution < 1.29 is 73.1 Å². The van der Waals surface area contributed by atoms with Gasteiger partial charge in [0, 0.05) is 104 Å². The van der Waals surface area contributed by atoms with Crippen molar-refractivity contribution in [3.63, 3.8) is 0 Å². The predicted octanol–water partition coefficient (Wildman–Crippen LogP) is -1.28. The molecule has 1 heterocycles. The molecule has 0 aromatic heterocycles. The van der Waals surface area contributed by atoms with Crippen LogP contribution in [0.3, 0.4) is 0 Å². The second-order valence-corrected chi connectivity index (χ2v) is 20.2. The number of aliphatic imine (C=N–C) groups is 1. The van der Waals surface area contributed by atoms with Gasteiger partial charge in [-0.25, -0.2) is 15.0 Å². The number of phenolic OH excluding ortho intramolecular Hbond substituents is 1. The van der Waals surface area contributed by atoms with E-state index in [4.69, 9.17) is 10.5 Å². The van der Waals surface area contributed by atoms with Crippen LogP contribution in [-0.4, -0.2) is 229 Å². The second kappa shape index (κ2) is 39.5. The van der Waals surface area contributed by atoms with Gasteiger partial charge >= 0.3 is 30.0 Å². The number of guanidine groups is 1. The highest BCUT2D eigenvalue weighted by Gasteiger charge is 2.29. The van der Waals surface area contributed by atoms with E-state index in [1.165, 1.54) is 12.1 Å². The Morgan fingerprint density at radius 1 is 0.575 bits per heavy atom. The first-order chi connectivity index (χ1) is 41.8. The lowest BCUT2D eigenvalue weighted by Gasteiger charge is -2.32. The van der Waals surface area contributed by atoms with Gasteiger partial charge in [0.15, 0.2) is 5.96 Å². The van der Waals surface area contributed by atoms with E-state index in [0.717, 1.165) is 0 Å². The fraction of sp³-hybridized carbons (Fsp3) is 0.491. The van der Waals surface area contributed by atoms with E-state index < -0.39 is 65.6 Å². The zero-order valence-electron chi connectivity index (χ0n) is 48.9. The van der Waals surface area contributed by atoms with Crippen LogP contribution in [0.4, 0.5) is 9.59 Å². The van der Waals surface area contributed by atoms with Gasteiger partial charge < -0.3 is 62.8 Å². The largest absolute Gasteiger partial charge is 0.508 e. The number of carboxylic acid groups (broad SMARTS) is 3. The van der Waals surface area contributed by atoms with Gasteiger partial charge in [0.05, 0.1) is 38.7 Å². The number of aliphatic carboxylic acids is 3. The number of carbonyl (C=O) groups excluding carboxylic acids is 7. The summed E-state index contributed by atoms with van der Waals surface area (Å²) in [4.78, 5) is 135. The number of aromatic hydroxyl groups is 1. The van der Waals surface area contributed by atoms with Crippen molar-refractivity contribution in [1.82, 2.24) is 67.7 Å². The van der Waals surface area contributed by atoms with E-state index >= 15 is 0 Å². The molecule has 2 atom stereocenters. The Labute approximate surface area is 504 Å². The van der Waals surface area contributed by atoms with Crippen LogP contribution in [0.15, 0.2) is 83.9 Å². The maximum absolute atomic E-state index is 14.4. The Bertz CT molecular complexity index is 2710. The number of hydrazine groups is 1. The summed E-state index contributed by atoms with van der Waals surface area (Å²) < 4.78 is 6.06. The third-order valence-corrected chi connectivity index (χ3v) is 13.3. The number of nitrogens with one attached hydrogen (secondary N) is 9. The maximum atomic E-state index is 14.4. The number of hydrogen-bond donors (Lipinski definition) is 14. The number of nitrogens with zero attached hydrogens (tertiary/aromatic N) is 5. The van der Waals surface area contributed by atoms with Gasteiger partial charge in [-0.3, -0.25) is 73.7 Å². The van der Waals surface area contributed by atoms with Crippen molar-refractivity contribution in [2.75, 3.05) is 118 Å². The predicted molar refractivity (Wildman–Crippen MR) is 318 cm³/mol. The summed E-state index contributed by atoms with van der Waals surface area (Å²) in [5.74, 6) is -5.87. The molecule has 0 spiro atoms. The highest BCUT2D eigenvalue weighted by Crippen LogP contribution is 2.28. The fourth-order valence-electron chi connectivity index (χ4n) is 8.78. The monoisotopic (exact) mass is 1220 g/mol. The second-order valence-electron chi connectivity index (χ2n) is 20.2. The first kappa shape index (κ1) is 70.4. The first-order valence-corrected chi connectivity index (χ1v) is 28.7. The number of urea groups is 2. The summed E-state index contributed by atoms with van der Waals surface area (Å²) in [6.45, 7) is 3.50. The van der Waals surface area contributed by atoms with E-state index in [2.05, 4.69) is 53.1 Å². The van der Waals surface area contributed by atoms with Crippen LogP contribution in [0.1, 0.15) is 68.1 Å². The quantitative estimate of drug-likeness (QED) is 0.0150. The highest BCUT2D eigenvalue weighted by atomic mass is 16.5. The molecule has 30 nitrogen and oxygen atoms in total. The first-order valence-electron chi connectivity index (χ1n) is 28.7. The molecule has 1 saturated heterocycles. The molecule has 15 N–H and O–H groups in total. The SMILES string of the molecule is CCC(=O)NCCNC(=O)NC(N)=NCCC[C@@H](NC(=O)C(c1ccccc1)c1cccc(OCCCCNC(=O)NNC(=O)CCNC(=O)CN2CCN(CC(=O)O)CCN(CC(=O)O)CCN(CC(=O)O)CC2)c1)C(=O)NCc1ccc(O)cc1. The zero-order valence-corrected chi connectivity index (χ0v) is 48.9. The number of ether oxygens (including phenoxy) is 1. The fourth-order valence-corrected chi connectivity index (χ4v) is 8.78. The summed E-state index contributed by atoms with van der Waals surface area (Å²) in [6.07, 6.45) is 1.53. The standard InChI is InChI=1S/C57H83N15O15/c1-2-46(74)60-23-24-63-56(85)66-55(58)61-21-9-14-45(53(83)64-35-40-15-17-43(73)18-16-40)65-54(84)52(41-10-4-3-5-11-41)42-12-8-13-44(34-42)87-33-7-6-20-62-57(86)68-67-47(75)19-22-59-48(76)36-69-25-27-70(37-49(77)78)29-31-72(39-51(81)82)32-30-71(28-26-69)38-50(79)80/h3-5,8,10-13,15-18,34,45,52,73H,2,6-7,9,14,19-33,35-39H2,1H3,(H,59,76)(H,60,74)(H,64,83)(H,65,84)(H,67,75)(H,77,78)(H,79,80)(H,81,82)(H2,62,68,86)(H4,58,61,63,66,85)/t45-,52?/m1/s1. The lowest BCUT2D eigenvalue weighted by Crippen LogP contribution is -2.50. The van der Waals surface area contributed by atoms with Crippen molar-refractivity contribution in [2.45, 2.75) is 64.0 Å². The number of benzene rings is 3. The van der Waals surface area contributed by atoms with Crippen LogP contribution in [0.5, 0.6) is 11.5 Å². The molecule has 1 aliphatic heterocycles. The van der Waals surface area contributed by atoms with Crippen LogP contribution >= 0.6 is 0 Å². The Morgan fingerprint density at radius 2 is 1.14 bits per heavy atom. The summed E-state index contributed by atoms with van der Waals surface area (Å²) >= 11 is 0. The number of carbonyl (C=O) groups is 10. The minimum absolute atomic E-state index is 0.0639. The van der Waals surface area contributed by atoms with Gasteiger partial charge in [0.2, 0.25) is 29.5 Å². The minimum Gasteiger partial charge on any atom is -0.508 e. The van der Waals surface area contributed by atoms with Gasteiger partial charge in [-0.2, -0.15) is 0 Å². The Morgan fingerprint density at radius 3 is 1.74 bits per heavy atom. The van der Waals surface area contributed by atoms with Crippen molar-refractivity contribution in [1.29, 1.82) is 0 Å². The van der Waals surface area contributed by atoms with E-state index in [9.17, 15) is 68.4 Å². The number of hydrogen-bond acceptors (Lipinski definition) is 17. The van der Waals surface area contributed by atoms with Crippen molar-refractivity contribution in [3.8, 4) is 11.5 Å². The molecule has 3 aromatic rings. The molecule has 9 amide bonds. The highest BCUT2D eigenvalue weighted by molar-refractivity contribution is 5.95. The van der Waals surface area contributed by atoms with Gasteiger partial charge in [-0.1, -0.05) is 61.5 Å². The minimum atomic E-state index is -1.07. The molecule has 476 valence electrons. The number of unbranched alkanes of at least 4 members (excludes halogenated alkanes) is 1. The molecular formula is C57H83N15O15. The van der Waals surface area contributed by atoms with Gasteiger partial charge in [-0.15, -0.1) is 0 Å². The van der Waals surface area contributed by atoms with Crippen molar-refractivity contribution >= 4 is 65.5 Å². The van der Waals surface area contributed by atoms with Crippen molar-refractivity contribution in [2.24, 2.45) is 10.7 Å². The van der Waals surface area contributed by atoms with Crippen molar-refractivity contribution in [3.05, 3.63) is 95.6 Å². The van der Waals surface area contributed by atoms with Crippen LogP contribution in [0.2, 0.25) is 0 Å². The van der Waals surface area contributed by atoms with E-state index in [1.807, 2.05) is 6.07 Å². The molecule has 3 aromatic carbocycles. The summed E-state index contributed by atoms with van der Waals surface area (Å²) in [5.41, 5.74) is 12.4. The summed E-state index contributed by atoms with van der Waals surface area (Å²) in [6, 6.07) is 20.0. The molecule has 0 saturated carbocycles. The normalized spacial score (nSPS) is 14.5. The van der Waals surface area contributed by atoms with E-state index in [0.29, 0.717) is 41.7 Å². The molecule has 30 heteroatoms. The van der Waals surface area contributed by atoms with Gasteiger partial charge in [0.25, 0.3) is 0 Å². The lowest BCUT2D eigenvalue weighted by molar-refractivity contribution is -0.140. The molecule has 1 aliphatic rings. The van der Waals surface area contributed by atoms with Gasteiger partial charge in [0.1, 0.15) is 17.5 Å². The molecule has 1 fully saturated rings. The number of amides is 9. The number of phenols is 1. The molecule has 4 rings (SSSR count). The molecular weight excluding hydrogens is 1130 g/mol. The molecule has 0 radical (unpaired) electrons. The lowest BCUT2D eigenvalue weighted by atomic mass is 9.90. The Hall–Kier alpha value is -9.13. The summed E-state index contributed by atoms with van der Waals surface area (Å²) in [5, 5.41) is 56.8. The smallest absolute Gasteiger partial charge is 0.333 e. The number of nitrogens with two attached hydrogens (primary N) is 1. The van der Waals surface area contributed by atoms with Crippen LogP contribution in [0, 0.1) is 0 Å². The third kappa shape index (κ3) is 30.0. The Kier molecular flexibility index (Phi) is 31.9. The molecule has 1 unspecified atom stereocenters. The molecule has 0 bridgehead atoms. The Balaban J connectivity index is 1.23. The van der Waals surface area contributed by atoms with E-state index in [1.54, 1.807) is 87.2 Å². The average Bonchev–Trinajstić information content (AvgIpc) is 2.09. The average molecular weight is 1220 g/mol. The topological polar surface area (TPSA) is 420 Å². The van der Waals surface area contributed by atoms with Crippen LogP contribution in [-0.2, 0) is 44.9 Å². The van der Waals surface area contributed by atoms with Gasteiger partial charge in [-0.05, 0) is 66.6 Å². The summed E-state index contributed by atoms with van der Waals surface area (Å²) in [7, 11) is 0. The zero-order chi connectivity index (χ0) is 63.3.